The number of nitrogens with one attached hydrogen (secondary N) is 2. The van der Waals surface area contributed by atoms with Crippen LogP contribution in [0.1, 0.15) is 39.4 Å². The molecule has 0 aliphatic heterocycles. The second-order valence-electron chi connectivity index (χ2n) is 5.18. The fraction of sp³-hybridized carbons (Fsp3) is 0.467. The van der Waals surface area contributed by atoms with Gasteiger partial charge in [0.1, 0.15) is 5.76 Å². The molecule has 0 radical (unpaired) electrons. The third-order valence-corrected chi connectivity index (χ3v) is 2.96. The molecule has 1 aromatic heterocycles. The summed E-state index contributed by atoms with van der Waals surface area (Å²) in [4.78, 5) is 23.1. The minimum atomic E-state index is -0.246. The molecule has 0 aromatic carbocycles. The highest BCUT2D eigenvalue weighted by Gasteiger charge is 2.17. The minimum Gasteiger partial charge on any atom is -0.465 e. The molecule has 2 N–H and O–H groups in total. The summed E-state index contributed by atoms with van der Waals surface area (Å²) >= 11 is 0. The van der Waals surface area contributed by atoms with Gasteiger partial charge in [-0.3, -0.25) is 9.59 Å². The van der Waals surface area contributed by atoms with E-state index in [9.17, 15) is 9.59 Å². The summed E-state index contributed by atoms with van der Waals surface area (Å²) in [7, 11) is 0. The van der Waals surface area contributed by atoms with E-state index in [0.717, 1.165) is 6.42 Å². The smallest absolute Gasteiger partial charge is 0.244 e. The fourth-order valence-corrected chi connectivity index (χ4v) is 1.43. The molecule has 0 bridgehead atoms. The number of hydrogen-bond donors (Lipinski definition) is 2. The molecule has 1 rings (SSSR count). The Labute approximate surface area is 119 Å². The van der Waals surface area contributed by atoms with E-state index in [1.807, 2.05) is 20.8 Å². The number of carbonyl (C=O) groups excluding carboxylic acids is 2. The molecule has 0 aliphatic rings. The Morgan fingerprint density at radius 3 is 2.75 bits per heavy atom. The highest BCUT2D eigenvalue weighted by Crippen LogP contribution is 2.06. The number of rotatable bonds is 7. The zero-order valence-electron chi connectivity index (χ0n) is 12.2. The van der Waals surface area contributed by atoms with Gasteiger partial charge in [0, 0.05) is 24.6 Å². The molecule has 5 nitrogen and oxygen atoms in total. The zero-order valence-corrected chi connectivity index (χ0v) is 12.2. The van der Waals surface area contributed by atoms with E-state index < -0.39 is 0 Å². The highest BCUT2D eigenvalue weighted by molar-refractivity contribution is 5.91. The van der Waals surface area contributed by atoms with Crippen molar-refractivity contribution in [2.45, 2.75) is 39.2 Å². The first kappa shape index (κ1) is 16.0. The monoisotopic (exact) mass is 278 g/mol. The van der Waals surface area contributed by atoms with Crippen molar-refractivity contribution in [2.75, 3.05) is 6.54 Å². The first-order chi connectivity index (χ1) is 9.43. The standard InChI is InChI=1S/C15H22N2O3/c1-4-15(2,3)17-14(19)9-10-16-13(18)8-7-12-6-5-11-20-12/h5-8,11H,4,9-10H2,1-3H3,(H,16,18)(H,17,19)/b8-7+. The summed E-state index contributed by atoms with van der Waals surface area (Å²) in [5.74, 6) is 0.304. The lowest BCUT2D eigenvalue weighted by Gasteiger charge is -2.24. The van der Waals surface area contributed by atoms with Crippen molar-refractivity contribution >= 4 is 17.9 Å². The lowest BCUT2D eigenvalue weighted by molar-refractivity contribution is -0.122. The SMILES string of the molecule is CCC(C)(C)NC(=O)CCNC(=O)/C=C/c1ccco1. The molecule has 0 atom stereocenters. The van der Waals surface area contributed by atoms with Crippen LogP contribution in [-0.4, -0.2) is 23.9 Å². The maximum Gasteiger partial charge on any atom is 0.244 e. The number of hydrogen-bond acceptors (Lipinski definition) is 3. The van der Waals surface area contributed by atoms with Gasteiger partial charge in [-0.15, -0.1) is 0 Å². The van der Waals surface area contributed by atoms with Crippen molar-refractivity contribution in [3.63, 3.8) is 0 Å². The zero-order chi connectivity index (χ0) is 15.0. The molecule has 0 saturated heterocycles. The lowest BCUT2D eigenvalue weighted by Crippen LogP contribution is -2.43. The molecule has 5 heteroatoms. The average molecular weight is 278 g/mol. The normalized spacial score (nSPS) is 11.6. The largest absolute Gasteiger partial charge is 0.465 e. The third-order valence-electron chi connectivity index (χ3n) is 2.96. The van der Waals surface area contributed by atoms with Crippen LogP contribution in [0.25, 0.3) is 6.08 Å². The lowest BCUT2D eigenvalue weighted by atomic mass is 10.0. The number of carbonyl (C=O) groups is 2. The minimum absolute atomic E-state index is 0.0628. The first-order valence-corrected chi connectivity index (χ1v) is 6.73. The summed E-state index contributed by atoms with van der Waals surface area (Å²) in [6.07, 6.45) is 5.63. The van der Waals surface area contributed by atoms with Crippen LogP contribution in [0.5, 0.6) is 0 Å². The molecule has 0 unspecified atom stereocenters. The summed E-state index contributed by atoms with van der Waals surface area (Å²) in [5, 5.41) is 5.56. The van der Waals surface area contributed by atoms with E-state index >= 15 is 0 Å². The van der Waals surface area contributed by atoms with Crippen LogP contribution >= 0.6 is 0 Å². The molecule has 0 fully saturated rings. The van der Waals surface area contributed by atoms with Crippen LogP contribution in [0, 0.1) is 0 Å². The van der Waals surface area contributed by atoms with E-state index in [0.29, 0.717) is 12.3 Å². The maximum atomic E-state index is 11.6. The van der Waals surface area contributed by atoms with Crippen molar-refractivity contribution in [3.05, 3.63) is 30.2 Å². The van der Waals surface area contributed by atoms with Crippen LogP contribution in [0.3, 0.4) is 0 Å². The topological polar surface area (TPSA) is 71.3 Å². The average Bonchev–Trinajstić information content (AvgIpc) is 2.89. The second kappa shape index (κ2) is 7.53. The predicted octanol–water partition coefficient (Wildman–Crippen LogP) is 2.10. The summed E-state index contributed by atoms with van der Waals surface area (Å²) in [6.45, 7) is 6.26. The fourth-order valence-electron chi connectivity index (χ4n) is 1.43. The van der Waals surface area contributed by atoms with Gasteiger partial charge in [-0.2, -0.15) is 0 Å². The van der Waals surface area contributed by atoms with Crippen molar-refractivity contribution < 1.29 is 14.0 Å². The summed E-state index contributed by atoms with van der Waals surface area (Å²) in [5.41, 5.74) is -0.208. The van der Waals surface area contributed by atoms with Gasteiger partial charge in [-0.05, 0) is 38.5 Å². The van der Waals surface area contributed by atoms with Crippen LogP contribution in [0.15, 0.2) is 28.9 Å². The van der Waals surface area contributed by atoms with Crippen LogP contribution in [0.4, 0.5) is 0 Å². The van der Waals surface area contributed by atoms with Crippen molar-refractivity contribution in [1.82, 2.24) is 10.6 Å². The van der Waals surface area contributed by atoms with Crippen LogP contribution < -0.4 is 10.6 Å². The van der Waals surface area contributed by atoms with E-state index in [1.165, 1.54) is 12.3 Å². The van der Waals surface area contributed by atoms with Gasteiger partial charge >= 0.3 is 0 Å². The van der Waals surface area contributed by atoms with Gasteiger partial charge < -0.3 is 15.1 Å². The molecular formula is C15H22N2O3. The van der Waals surface area contributed by atoms with Crippen LogP contribution in [-0.2, 0) is 9.59 Å². The van der Waals surface area contributed by atoms with E-state index in [2.05, 4.69) is 10.6 Å². The molecule has 0 aliphatic carbocycles. The molecule has 110 valence electrons. The van der Waals surface area contributed by atoms with Crippen molar-refractivity contribution in [1.29, 1.82) is 0 Å². The molecule has 1 aromatic rings. The molecular weight excluding hydrogens is 256 g/mol. The van der Waals surface area contributed by atoms with Gasteiger partial charge in [0.05, 0.1) is 6.26 Å². The van der Waals surface area contributed by atoms with Gasteiger partial charge in [0.2, 0.25) is 11.8 Å². The van der Waals surface area contributed by atoms with Crippen LogP contribution in [0.2, 0.25) is 0 Å². The Bertz CT molecular complexity index is 461. The van der Waals surface area contributed by atoms with E-state index in [-0.39, 0.29) is 23.8 Å². The Morgan fingerprint density at radius 1 is 1.40 bits per heavy atom. The Hall–Kier alpha value is -2.04. The quantitative estimate of drug-likeness (QED) is 0.750. The van der Waals surface area contributed by atoms with E-state index in [4.69, 9.17) is 4.42 Å². The third kappa shape index (κ3) is 6.22. The van der Waals surface area contributed by atoms with Crippen molar-refractivity contribution in [2.24, 2.45) is 0 Å². The molecule has 2 amide bonds. The maximum absolute atomic E-state index is 11.6. The molecule has 0 spiro atoms. The van der Waals surface area contributed by atoms with E-state index in [1.54, 1.807) is 18.2 Å². The van der Waals surface area contributed by atoms with Gasteiger partial charge in [0.15, 0.2) is 0 Å². The predicted molar refractivity (Wildman–Crippen MR) is 77.9 cm³/mol. The number of furan rings is 1. The molecule has 0 saturated carbocycles. The van der Waals surface area contributed by atoms with Gasteiger partial charge in [-0.25, -0.2) is 0 Å². The highest BCUT2D eigenvalue weighted by atomic mass is 16.3. The van der Waals surface area contributed by atoms with Gasteiger partial charge in [-0.1, -0.05) is 6.92 Å². The molecule has 20 heavy (non-hydrogen) atoms. The Morgan fingerprint density at radius 2 is 2.15 bits per heavy atom. The van der Waals surface area contributed by atoms with Gasteiger partial charge in [0.25, 0.3) is 0 Å². The second-order valence-corrected chi connectivity index (χ2v) is 5.18. The Kier molecular flexibility index (Phi) is 6.03. The number of amides is 2. The Balaban J connectivity index is 2.23. The van der Waals surface area contributed by atoms with Crippen molar-refractivity contribution in [3.8, 4) is 0 Å². The first-order valence-electron chi connectivity index (χ1n) is 6.73. The summed E-state index contributed by atoms with van der Waals surface area (Å²) in [6, 6.07) is 3.50. The summed E-state index contributed by atoms with van der Waals surface area (Å²) < 4.78 is 5.06. The molecule has 1 heterocycles.